The molecule has 1 saturated heterocycles. The largest absolute Gasteiger partial charge is 0.382 e. The van der Waals surface area contributed by atoms with Crippen LogP contribution in [-0.2, 0) is 14.4 Å². The summed E-state index contributed by atoms with van der Waals surface area (Å²) in [6.45, 7) is 2.34. The molecule has 1 fully saturated rings. The smallest absolute Gasteiger partial charge is 0.272 e. The van der Waals surface area contributed by atoms with Crippen LogP contribution in [-0.4, -0.2) is 58.7 Å². The molecule has 3 atom stereocenters. The number of anilines is 1. The second kappa shape index (κ2) is 10.2. The van der Waals surface area contributed by atoms with E-state index in [-0.39, 0.29) is 5.91 Å². The fraction of sp³-hybridized carbons (Fsp3) is 0.550. The lowest BCUT2D eigenvalue weighted by molar-refractivity contribution is -0.152. The third kappa shape index (κ3) is 4.88. The van der Waals surface area contributed by atoms with Crippen molar-refractivity contribution in [3.05, 3.63) is 30.3 Å². The molecule has 3 amide bonds. The average Bonchev–Trinajstić information content (AvgIpc) is 3.22. The standard InChI is InChI=1S/C20H29N3O5/c1-3-4-11-15(17(24)18(25)21-28)19(26)23-13-8-12-16(23)20(27)22(2)14-9-6-5-7-10-14/h5-7,9-10,15-17,24,28H,3-4,8,11-13H2,1-2H3,(H,21,25). The van der Waals surface area contributed by atoms with Crippen molar-refractivity contribution in [2.75, 3.05) is 18.5 Å². The number of likely N-dealkylation sites (tertiary alicyclic amines) is 1. The van der Waals surface area contributed by atoms with E-state index >= 15 is 0 Å². The van der Waals surface area contributed by atoms with Crippen LogP contribution in [0.1, 0.15) is 39.0 Å². The van der Waals surface area contributed by atoms with Gasteiger partial charge in [0, 0.05) is 19.3 Å². The van der Waals surface area contributed by atoms with E-state index in [2.05, 4.69) is 0 Å². The van der Waals surface area contributed by atoms with Gasteiger partial charge in [-0.2, -0.15) is 0 Å². The molecular weight excluding hydrogens is 362 g/mol. The van der Waals surface area contributed by atoms with Gasteiger partial charge < -0.3 is 14.9 Å². The van der Waals surface area contributed by atoms with Crippen LogP contribution in [0.2, 0.25) is 0 Å². The van der Waals surface area contributed by atoms with Gasteiger partial charge in [-0.15, -0.1) is 0 Å². The predicted octanol–water partition coefficient (Wildman–Crippen LogP) is 1.31. The number of unbranched alkanes of at least 4 members (excludes halogenated alkanes) is 1. The predicted molar refractivity (Wildman–Crippen MR) is 104 cm³/mol. The van der Waals surface area contributed by atoms with Crippen molar-refractivity contribution in [1.82, 2.24) is 10.4 Å². The highest BCUT2D eigenvalue weighted by Crippen LogP contribution is 2.26. The average molecular weight is 391 g/mol. The number of carbonyl (C=O) groups excluding carboxylic acids is 3. The van der Waals surface area contributed by atoms with Crippen LogP contribution in [0.25, 0.3) is 0 Å². The summed E-state index contributed by atoms with van der Waals surface area (Å²) >= 11 is 0. The first-order valence-electron chi connectivity index (χ1n) is 9.67. The number of para-hydroxylation sites is 1. The number of benzene rings is 1. The number of amides is 3. The summed E-state index contributed by atoms with van der Waals surface area (Å²) in [6, 6.07) is 8.53. The van der Waals surface area contributed by atoms with Crippen LogP contribution in [0.5, 0.6) is 0 Å². The number of hydroxylamine groups is 1. The zero-order valence-electron chi connectivity index (χ0n) is 16.4. The van der Waals surface area contributed by atoms with Crippen LogP contribution in [0, 0.1) is 5.92 Å². The third-order valence-corrected chi connectivity index (χ3v) is 5.24. The highest BCUT2D eigenvalue weighted by molar-refractivity contribution is 6.00. The Morgan fingerprint density at radius 2 is 1.96 bits per heavy atom. The highest BCUT2D eigenvalue weighted by Gasteiger charge is 2.41. The number of hydrogen-bond donors (Lipinski definition) is 3. The summed E-state index contributed by atoms with van der Waals surface area (Å²) in [5, 5.41) is 19.1. The van der Waals surface area contributed by atoms with Crippen molar-refractivity contribution in [2.45, 2.75) is 51.2 Å². The number of hydrogen-bond acceptors (Lipinski definition) is 5. The van der Waals surface area contributed by atoms with Gasteiger partial charge in [0.05, 0.1) is 5.92 Å². The number of rotatable bonds is 8. The summed E-state index contributed by atoms with van der Waals surface area (Å²) in [5.41, 5.74) is 2.14. The highest BCUT2D eigenvalue weighted by atomic mass is 16.5. The molecule has 1 aliphatic heterocycles. The number of aliphatic hydroxyl groups excluding tert-OH is 1. The van der Waals surface area contributed by atoms with Crippen molar-refractivity contribution in [1.29, 1.82) is 0 Å². The molecule has 3 unspecified atom stereocenters. The van der Waals surface area contributed by atoms with Crippen LogP contribution in [0.3, 0.4) is 0 Å². The Morgan fingerprint density at radius 3 is 2.57 bits per heavy atom. The first-order chi connectivity index (χ1) is 13.4. The molecule has 1 aromatic carbocycles. The molecule has 0 radical (unpaired) electrons. The fourth-order valence-corrected chi connectivity index (χ4v) is 3.59. The van der Waals surface area contributed by atoms with E-state index in [0.717, 1.165) is 12.1 Å². The zero-order valence-corrected chi connectivity index (χ0v) is 16.4. The van der Waals surface area contributed by atoms with Crippen LogP contribution in [0.15, 0.2) is 30.3 Å². The first-order valence-corrected chi connectivity index (χ1v) is 9.67. The summed E-state index contributed by atoms with van der Waals surface area (Å²) in [5.74, 6) is -2.64. The Balaban J connectivity index is 2.19. The van der Waals surface area contributed by atoms with Crippen molar-refractivity contribution < 1.29 is 24.7 Å². The molecule has 0 saturated carbocycles. The molecule has 154 valence electrons. The Morgan fingerprint density at radius 1 is 1.29 bits per heavy atom. The molecule has 2 rings (SSSR count). The molecule has 0 aliphatic carbocycles. The summed E-state index contributed by atoms with van der Waals surface area (Å²) in [4.78, 5) is 40.8. The number of nitrogens with one attached hydrogen (secondary N) is 1. The maximum Gasteiger partial charge on any atom is 0.272 e. The van der Waals surface area contributed by atoms with Gasteiger partial charge in [0.1, 0.15) is 12.1 Å². The molecule has 0 spiro atoms. The van der Waals surface area contributed by atoms with Crippen LogP contribution >= 0.6 is 0 Å². The van der Waals surface area contributed by atoms with Gasteiger partial charge >= 0.3 is 0 Å². The van der Waals surface area contributed by atoms with Gasteiger partial charge in [-0.25, -0.2) is 5.48 Å². The molecule has 8 heteroatoms. The third-order valence-electron chi connectivity index (χ3n) is 5.24. The van der Waals surface area contributed by atoms with Crippen molar-refractivity contribution in [2.24, 2.45) is 5.92 Å². The van der Waals surface area contributed by atoms with Gasteiger partial charge in [-0.05, 0) is 31.4 Å². The number of nitrogens with zero attached hydrogens (tertiary/aromatic N) is 2. The lowest BCUT2D eigenvalue weighted by Gasteiger charge is -2.32. The zero-order chi connectivity index (χ0) is 20.7. The van der Waals surface area contributed by atoms with Gasteiger partial charge in [0.25, 0.3) is 5.91 Å². The van der Waals surface area contributed by atoms with E-state index in [4.69, 9.17) is 5.21 Å². The molecule has 1 aromatic rings. The second-order valence-electron chi connectivity index (χ2n) is 7.09. The topological polar surface area (TPSA) is 110 Å². The van der Waals surface area contributed by atoms with Gasteiger partial charge in [0.2, 0.25) is 11.8 Å². The first kappa shape index (κ1) is 21.8. The van der Waals surface area contributed by atoms with E-state index in [1.165, 1.54) is 15.3 Å². The molecule has 0 bridgehead atoms. The minimum atomic E-state index is -1.66. The van der Waals surface area contributed by atoms with E-state index in [1.54, 1.807) is 7.05 Å². The molecule has 0 aromatic heterocycles. The van der Waals surface area contributed by atoms with Gasteiger partial charge in [-0.1, -0.05) is 38.0 Å². The maximum atomic E-state index is 13.1. The Labute approximate surface area is 165 Å². The minimum absolute atomic E-state index is 0.201. The molecule has 28 heavy (non-hydrogen) atoms. The second-order valence-corrected chi connectivity index (χ2v) is 7.09. The van der Waals surface area contributed by atoms with E-state index in [9.17, 15) is 19.5 Å². The van der Waals surface area contributed by atoms with Crippen molar-refractivity contribution in [3.63, 3.8) is 0 Å². The number of likely N-dealkylation sites (N-methyl/N-ethyl adjacent to an activating group) is 1. The summed E-state index contributed by atoms with van der Waals surface area (Å²) in [6.07, 6.45) is 1.28. The maximum absolute atomic E-state index is 13.1. The Kier molecular flexibility index (Phi) is 7.95. The molecular formula is C20H29N3O5. The number of carbonyl (C=O) groups is 3. The molecule has 8 nitrogen and oxygen atoms in total. The van der Waals surface area contributed by atoms with Crippen LogP contribution in [0.4, 0.5) is 5.69 Å². The number of aliphatic hydroxyl groups is 1. The Hall–Kier alpha value is -2.45. The lowest BCUT2D eigenvalue weighted by Crippen LogP contribution is -2.52. The monoisotopic (exact) mass is 391 g/mol. The fourth-order valence-electron chi connectivity index (χ4n) is 3.59. The summed E-state index contributed by atoms with van der Waals surface area (Å²) in [7, 11) is 1.67. The van der Waals surface area contributed by atoms with Crippen molar-refractivity contribution >= 4 is 23.4 Å². The Bertz CT molecular complexity index is 682. The molecule has 1 heterocycles. The molecule has 3 N–H and O–H groups in total. The molecule has 1 aliphatic rings. The van der Waals surface area contributed by atoms with Gasteiger partial charge in [-0.3, -0.25) is 19.6 Å². The SMILES string of the molecule is CCCCC(C(=O)N1CCCC1C(=O)N(C)c1ccccc1)C(O)C(=O)NO. The summed E-state index contributed by atoms with van der Waals surface area (Å²) < 4.78 is 0. The minimum Gasteiger partial charge on any atom is -0.382 e. The van der Waals surface area contributed by atoms with E-state index in [0.29, 0.717) is 32.2 Å². The van der Waals surface area contributed by atoms with E-state index in [1.807, 2.05) is 37.3 Å². The van der Waals surface area contributed by atoms with E-state index < -0.39 is 29.9 Å². The van der Waals surface area contributed by atoms with Crippen molar-refractivity contribution in [3.8, 4) is 0 Å². The van der Waals surface area contributed by atoms with Gasteiger partial charge in [0.15, 0.2) is 0 Å². The van der Waals surface area contributed by atoms with Crippen LogP contribution < -0.4 is 10.4 Å². The normalized spacial score (nSPS) is 18.4. The lowest BCUT2D eigenvalue weighted by atomic mass is 9.93. The quantitative estimate of drug-likeness (QED) is 0.457.